The van der Waals surface area contributed by atoms with Gasteiger partial charge in [0.15, 0.2) is 0 Å². The van der Waals surface area contributed by atoms with E-state index in [4.69, 9.17) is 0 Å². The zero-order valence-corrected chi connectivity index (χ0v) is 21.3. The zero-order chi connectivity index (χ0) is 32.0. The number of hydrogen-bond acceptors (Lipinski definition) is 5. The van der Waals surface area contributed by atoms with Gasteiger partial charge in [-0.3, -0.25) is 4.98 Å². The second-order valence-electron chi connectivity index (χ2n) is 9.08. The Morgan fingerprint density at radius 3 is 1.45 bits per heavy atom. The van der Waals surface area contributed by atoms with Crippen LogP contribution in [0.2, 0.25) is 0 Å². The minimum absolute atomic E-state index is 0.185. The molecule has 5 rings (SSSR count). The SMILES string of the molecule is Fc1cccc(-c2cc(-c3cc(C(F)(F)F)cc(-c4cc(C(F)(F)F)cc(-c5cc(C(F)(F)F)ccn5)n4)n3)cc(F)n2)n1. The normalized spacial score (nSPS) is 12.4. The van der Waals surface area contributed by atoms with Gasteiger partial charge in [-0.15, -0.1) is 0 Å². The molecule has 0 N–H and O–H groups in total. The molecule has 0 unspecified atom stereocenters. The van der Waals surface area contributed by atoms with Gasteiger partial charge in [-0.25, -0.2) is 19.9 Å². The molecule has 5 nitrogen and oxygen atoms in total. The van der Waals surface area contributed by atoms with E-state index in [0.717, 1.165) is 12.1 Å². The lowest BCUT2D eigenvalue weighted by Crippen LogP contribution is -2.10. The third-order valence-corrected chi connectivity index (χ3v) is 5.98. The summed E-state index contributed by atoms with van der Waals surface area (Å²) in [6, 6.07) is 7.79. The molecule has 0 radical (unpaired) electrons. The average Bonchev–Trinajstić information content (AvgIpc) is 2.95. The summed E-state index contributed by atoms with van der Waals surface area (Å²) in [5.41, 5.74) is -8.52. The molecule has 0 aliphatic rings. The van der Waals surface area contributed by atoms with Crippen molar-refractivity contribution < 1.29 is 48.3 Å². The molecule has 16 heteroatoms. The van der Waals surface area contributed by atoms with Crippen molar-refractivity contribution in [2.45, 2.75) is 18.5 Å². The standard InChI is InChI=1S/C28H12F11N5/c29-24-3-1-2-17(43-24)20-6-13(7-25(30)44-20)18-9-15(27(34,35)36)11-22(41-18)23-12-16(28(37,38)39)10-21(42-23)19-8-14(4-5-40-19)26(31,32)33/h1-12H. The van der Waals surface area contributed by atoms with Crippen molar-refractivity contribution in [3.8, 4) is 45.4 Å². The first-order valence-corrected chi connectivity index (χ1v) is 12.0. The zero-order valence-electron chi connectivity index (χ0n) is 21.3. The third kappa shape index (κ3) is 6.63. The summed E-state index contributed by atoms with van der Waals surface area (Å²) in [4.78, 5) is 18.6. The van der Waals surface area contributed by atoms with Crippen LogP contribution < -0.4 is 0 Å². The van der Waals surface area contributed by atoms with E-state index in [1.54, 1.807) is 0 Å². The topological polar surface area (TPSA) is 64.5 Å². The first-order chi connectivity index (χ1) is 20.5. The molecule has 5 aromatic heterocycles. The molecule has 0 atom stereocenters. The number of halogens is 11. The predicted molar refractivity (Wildman–Crippen MR) is 132 cm³/mol. The van der Waals surface area contributed by atoms with Gasteiger partial charge < -0.3 is 0 Å². The quantitative estimate of drug-likeness (QED) is 0.147. The first kappa shape index (κ1) is 30.4. The molecule has 0 saturated carbocycles. The fraction of sp³-hybridized carbons (Fsp3) is 0.107. The minimum atomic E-state index is -5.11. The molecule has 0 aliphatic heterocycles. The van der Waals surface area contributed by atoms with Crippen LogP contribution in [-0.4, -0.2) is 24.9 Å². The van der Waals surface area contributed by atoms with Gasteiger partial charge in [-0.05, 0) is 54.6 Å². The van der Waals surface area contributed by atoms with Gasteiger partial charge in [0.1, 0.15) is 0 Å². The van der Waals surface area contributed by atoms with E-state index in [2.05, 4.69) is 24.9 Å². The van der Waals surface area contributed by atoms with Crippen LogP contribution in [0, 0.1) is 11.9 Å². The van der Waals surface area contributed by atoms with Crippen LogP contribution in [0.15, 0.2) is 72.9 Å². The van der Waals surface area contributed by atoms with Gasteiger partial charge in [-0.2, -0.15) is 48.3 Å². The summed E-state index contributed by atoms with van der Waals surface area (Å²) in [5.74, 6) is -2.18. The van der Waals surface area contributed by atoms with Crippen LogP contribution in [0.25, 0.3) is 45.4 Å². The van der Waals surface area contributed by atoms with Crippen molar-refractivity contribution >= 4 is 0 Å². The smallest absolute Gasteiger partial charge is 0.255 e. The highest BCUT2D eigenvalue weighted by molar-refractivity contribution is 5.71. The van der Waals surface area contributed by atoms with Crippen molar-refractivity contribution in [2.75, 3.05) is 0 Å². The molecule has 226 valence electrons. The van der Waals surface area contributed by atoms with Crippen molar-refractivity contribution in [1.29, 1.82) is 0 Å². The minimum Gasteiger partial charge on any atom is -0.255 e. The fourth-order valence-corrected chi connectivity index (χ4v) is 4.00. The highest BCUT2D eigenvalue weighted by atomic mass is 19.4. The largest absolute Gasteiger partial charge is 0.416 e. The van der Waals surface area contributed by atoms with Crippen LogP contribution in [0.3, 0.4) is 0 Å². The highest BCUT2D eigenvalue weighted by Gasteiger charge is 2.35. The van der Waals surface area contributed by atoms with Crippen LogP contribution >= 0.6 is 0 Å². The van der Waals surface area contributed by atoms with Crippen molar-refractivity contribution in [1.82, 2.24) is 24.9 Å². The summed E-state index contributed by atoms with van der Waals surface area (Å²) in [5, 5.41) is 0. The lowest BCUT2D eigenvalue weighted by atomic mass is 10.0. The maximum Gasteiger partial charge on any atom is 0.416 e. The molecule has 0 bridgehead atoms. The second kappa shape index (κ2) is 10.9. The molecule has 0 amide bonds. The molecular weight excluding hydrogens is 615 g/mol. The summed E-state index contributed by atoms with van der Waals surface area (Å²) in [7, 11) is 0. The number of alkyl halides is 9. The number of nitrogens with zero attached hydrogens (tertiary/aromatic N) is 5. The van der Waals surface area contributed by atoms with Gasteiger partial charge in [0, 0.05) is 17.8 Å². The second-order valence-corrected chi connectivity index (χ2v) is 9.08. The maximum absolute atomic E-state index is 14.5. The molecule has 0 spiro atoms. The summed E-state index contributed by atoms with van der Waals surface area (Å²) in [6.07, 6.45) is -14.4. The van der Waals surface area contributed by atoms with Gasteiger partial charge in [0.25, 0.3) is 0 Å². The Hall–Kier alpha value is -5.02. The number of pyridine rings is 5. The van der Waals surface area contributed by atoms with Crippen LogP contribution in [0.4, 0.5) is 48.3 Å². The van der Waals surface area contributed by atoms with Gasteiger partial charge in [0.05, 0.1) is 56.5 Å². The van der Waals surface area contributed by atoms with Crippen LogP contribution in [0.5, 0.6) is 0 Å². The molecule has 0 aromatic carbocycles. The molecule has 0 fully saturated rings. The van der Waals surface area contributed by atoms with E-state index in [0.29, 0.717) is 48.7 Å². The number of aromatic nitrogens is 5. The Balaban J connectivity index is 1.72. The van der Waals surface area contributed by atoms with E-state index in [-0.39, 0.29) is 17.0 Å². The number of hydrogen-bond donors (Lipinski definition) is 0. The molecule has 5 aromatic rings. The first-order valence-electron chi connectivity index (χ1n) is 12.0. The van der Waals surface area contributed by atoms with Crippen molar-refractivity contribution in [2.24, 2.45) is 0 Å². The van der Waals surface area contributed by atoms with Crippen molar-refractivity contribution in [3.63, 3.8) is 0 Å². The van der Waals surface area contributed by atoms with Gasteiger partial charge in [0.2, 0.25) is 11.9 Å². The predicted octanol–water partition coefficient (Wildman–Crippen LogP) is 8.66. The maximum atomic E-state index is 14.5. The van der Waals surface area contributed by atoms with E-state index in [1.165, 1.54) is 12.1 Å². The Morgan fingerprint density at radius 1 is 0.409 bits per heavy atom. The lowest BCUT2D eigenvalue weighted by Gasteiger charge is -2.15. The average molecular weight is 627 g/mol. The van der Waals surface area contributed by atoms with E-state index in [1.807, 2.05) is 0 Å². The fourth-order valence-electron chi connectivity index (χ4n) is 4.00. The molecule has 0 saturated heterocycles. The summed E-state index contributed by atoms with van der Waals surface area (Å²) in [6.45, 7) is 0. The highest BCUT2D eigenvalue weighted by Crippen LogP contribution is 2.38. The third-order valence-electron chi connectivity index (χ3n) is 5.98. The van der Waals surface area contributed by atoms with Gasteiger partial charge >= 0.3 is 18.5 Å². The van der Waals surface area contributed by atoms with Gasteiger partial charge in [-0.1, -0.05) is 6.07 Å². The summed E-state index contributed by atoms with van der Waals surface area (Å²) < 4.78 is 151. The Morgan fingerprint density at radius 2 is 0.886 bits per heavy atom. The molecule has 0 aliphatic carbocycles. The molecular formula is C28H12F11N5. The Bertz CT molecular complexity index is 1870. The number of rotatable bonds is 4. The van der Waals surface area contributed by atoms with Crippen molar-refractivity contribution in [3.05, 3.63) is 102 Å². The van der Waals surface area contributed by atoms with E-state index >= 15 is 0 Å². The van der Waals surface area contributed by atoms with Crippen LogP contribution in [0.1, 0.15) is 16.7 Å². The monoisotopic (exact) mass is 627 g/mol. The lowest BCUT2D eigenvalue weighted by molar-refractivity contribution is -0.138. The summed E-state index contributed by atoms with van der Waals surface area (Å²) >= 11 is 0. The Kier molecular flexibility index (Phi) is 7.55. The van der Waals surface area contributed by atoms with E-state index < -0.39 is 75.6 Å². The Labute approximate surface area is 239 Å². The molecule has 5 heterocycles. The van der Waals surface area contributed by atoms with Crippen LogP contribution in [-0.2, 0) is 18.5 Å². The molecule has 44 heavy (non-hydrogen) atoms. The van der Waals surface area contributed by atoms with E-state index in [9.17, 15) is 48.3 Å².